The molecule has 0 spiro atoms. The lowest BCUT2D eigenvalue weighted by molar-refractivity contribution is -0.125. The van der Waals surface area contributed by atoms with Gasteiger partial charge in [0.2, 0.25) is 11.8 Å². The minimum absolute atomic E-state index is 0.0178. The molecule has 6 N–H and O–H groups in total. The number of hydrogen-bond acceptors (Lipinski definition) is 10. The summed E-state index contributed by atoms with van der Waals surface area (Å²) < 4.78 is 0. The normalized spacial score (nSPS) is 19.8. The molecule has 3 aromatic carbocycles. The Balaban J connectivity index is 1.42. The van der Waals surface area contributed by atoms with Gasteiger partial charge in [-0.05, 0) is 44.8 Å². The van der Waals surface area contributed by atoms with Crippen molar-refractivity contribution in [1.29, 1.82) is 0 Å². The number of amides is 2. The average Bonchev–Trinajstić information content (AvgIpc) is 2.98. The first-order valence-corrected chi connectivity index (χ1v) is 15.2. The molecule has 0 saturated carbocycles. The maximum atomic E-state index is 12.7. The molecule has 2 fully saturated rings. The Labute approximate surface area is 257 Å². The largest absolute Gasteiger partial charge is 0.354 e. The maximum absolute atomic E-state index is 12.7. The molecule has 2 saturated heterocycles. The second-order valence-electron chi connectivity index (χ2n) is 11.4. The van der Waals surface area contributed by atoms with Gasteiger partial charge in [-0.3, -0.25) is 39.6 Å². The summed E-state index contributed by atoms with van der Waals surface area (Å²) in [6.07, 6.45) is 0. The Morgan fingerprint density at radius 3 is 1.50 bits per heavy atom. The summed E-state index contributed by atoms with van der Waals surface area (Å²) in [5.74, 6) is -0.192. The number of ketones is 2. The fraction of sp³-hybridized carbons (Fsp3) is 0.438. The SMILES string of the molecule is O=C1CNCNCCNC(=O)CN(Cc2cccc3cc4cccc(CN5CC(=O)CNCNCCNC(=O)C5)c4cc23)C1. The van der Waals surface area contributed by atoms with Crippen molar-refractivity contribution < 1.29 is 19.2 Å². The van der Waals surface area contributed by atoms with Crippen LogP contribution >= 0.6 is 0 Å². The van der Waals surface area contributed by atoms with Gasteiger partial charge in [-0.25, -0.2) is 0 Å². The van der Waals surface area contributed by atoms with Crippen LogP contribution in [0.5, 0.6) is 0 Å². The topological polar surface area (TPSA) is 147 Å². The van der Waals surface area contributed by atoms with Gasteiger partial charge < -0.3 is 21.3 Å². The van der Waals surface area contributed by atoms with Crippen molar-refractivity contribution in [3.05, 3.63) is 59.7 Å². The van der Waals surface area contributed by atoms with E-state index in [4.69, 9.17) is 0 Å². The van der Waals surface area contributed by atoms with Crippen molar-refractivity contribution in [2.45, 2.75) is 13.1 Å². The number of benzene rings is 3. The zero-order valence-corrected chi connectivity index (χ0v) is 25.0. The van der Waals surface area contributed by atoms with E-state index in [1.807, 2.05) is 34.1 Å². The van der Waals surface area contributed by atoms with Crippen LogP contribution in [-0.2, 0) is 32.3 Å². The van der Waals surface area contributed by atoms with Gasteiger partial charge >= 0.3 is 0 Å². The lowest BCUT2D eigenvalue weighted by Gasteiger charge is -2.24. The lowest BCUT2D eigenvalue weighted by atomic mass is 9.96. The Morgan fingerprint density at radius 1 is 0.545 bits per heavy atom. The van der Waals surface area contributed by atoms with Gasteiger partial charge in [-0.15, -0.1) is 0 Å². The zero-order chi connectivity index (χ0) is 30.7. The molecule has 2 heterocycles. The van der Waals surface area contributed by atoms with Crippen LogP contribution in [0.2, 0.25) is 0 Å². The van der Waals surface area contributed by atoms with E-state index in [0.717, 1.165) is 32.7 Å². The van der Waals surface area contributed by atoms with Gasteiger partial charge in [0.15, 0.2) is 11.6 Å². The molecule has 44 heavy (non-hydrogen) atoms. The number of rotatable bonds is 4. The third-order valence-electron chi connectivity index (χ3n) is 7.77. The van der Waals surface area contributed by atoms with Crippen LogP contribution in [0.4, 0.5) is 0 Å². The molecule has 0 bridgehead atoms. The van der Waals surface area contributed by atoms with Crippen LogP contribution in [-0.4, -0.2) is 112 Å². The zero-order valence-electron chi connectivity index (χ0n) is 25.0. The molecule has 0 aliphatic carbocycles. The first-order chi connectivity index (χ1) is 21.4. The number of Topliss-reactive ketones (excluding diaryl/α,β-unsaturated/α-hetero) is 2. The van der Waals surface area contributed by atoms with Gasteiger partial charge in [0.05, 0.1) is 39.3 Å². The van der Waals surface area contributed by atoms with Crippen LogP contribution < -0.4 is 31.9 Å². The Hall–Kier alpha value is -3.78. The molecule has 0 atom stereocenters. The quantitative estimate of drug-likeness (QED) is 0.211. The number of nitrogens with zero attached hydrogens (tertiary/aromatic N) is 2. The fourth-order valence-corrected chi connectivity index (χ4v) is 5.74. The molecule has 0 radical (unpaired) electrons. The number of carbonyl (C=O) groups excluding carboxylic acids is 4. The molecule has 234 valence electrons. The second kappa shape index (κ2) is 15.8. The summed E-state index contributed by atoms with van der Waals surface area (Å²) in [5.41, 5.74) is 2.03. The van der Waals surface area contributed by atoms with Crippen molar-refractivity contribution in [2.24, 2.45) is 0 Å². The van der Waals surface area contributed by atoms with Crippen LogP contribution in [0.15, 0.2) is 48.5 Å². The van der Waals surface area contributed by atoms with Crippen molar-refractivity contribution in [2.75, 3.05) is 78.8 Å². The summed E-state index contributed by atoms with van der Waals surface area (Å²) in [7, 11) is 0. The molecule has 2 aliphatic heterocycles. The monoisotopic (exact) mass is 602 g/mol. The van der Waals surface area contributed by atoms with Gasteiger partial charge in [-0.1, -0.05) is 36.4 Å². The molecule has 3 aromatic rings. The number of nitrogens with one attached hydrogen (secondary N) is 6. The summed E-state index contributed by atoms with van der Waals surface area (Å²) in [4.78, 5) is 54.6. The van der Waals surface area contributed by atoms with Crippen LogP contribution in [0.1, 0.15) is 11.1 Å². The van der Waals surface area contributed by atoms with Gasteiger partial charge in [-0.2, -0.15) is 0 Å². The predicted molar refractivity (Wildman–Crippen MR) is 170 cm³/mol. The minimum atomic E-state index is -0.114. The van der Waals surface area contributed by atoms with Crippen LogP contribution in [0.3, 0.4) is 0 Å². The molecule has 2 amide bonds. The van der Waals surface area contributed by atoms with E-state index in [0.29, 0.717) is 52.6 Å². The lowest BCUT2D eigenvalue weighted by Crippen LogP contribution is -2.45. The maximum Gasteiger partial charge on any atom is 0.234 e. The average molecular weight is 603 g/mol. The van der Waals surface area contributed by atoms with Gasteiger partial charge in [0.1, 0.15) is 0 Å². The van der Waals surface area contributed by atoms with Crippen molar-refractivity contribution in [1.82, 2.24) is 41.7 Å². The Morgan fingerprint density at radius 2 is 1.02 bits per heavy atom. The van der Waals surface area contributed by atoms with E-state index in [1.165, 1.54) is 0 Å². The smallest absolute Gasteiger partial charge is 0.234 e. The van der Waals surface area contributed by atoms with Crippen molar-refractivity contribution in [3.8, 4) is 0 Å². The summed E-state index contributed by atoms with van der Waals surface area (Å²) in [6.45, 7) is 5.19. The highest BCUT2D eigenvalue weighted by atomic mass is 16.2. The van der Waals surface area contributed by atoms with E-state index in [9.17, 15) is 19.2 Å². The van der Waals surface area contributed by atoms with E-state index in [2.05, 4.69) is 56.2 Å². The highest BCUT2D eigenvalue weighted by Crippen LogP contribution is 2.29. The molecular weight excluding hydrogens is 560 g/mol. The molecule has 5 rings (SSSR count). The third kappa shape index (κ3) is 9.11. The molecule has 0 unspecified atom stereocenters. The predicted octanol–water partition coefficient (Wildman–Crippen LogP) is -0.732. The first-order valence-electron chi connectivity index (χ1n) is 15.2. The van der Waals surface area contributed by atoms with Crippen LogP contribution in [0.25, 0.3) is 21.5 Å². The molecule has 12 heteroatoms. The second-order valence-corrected chi connectivity index (χ2v) is 11.4. The number of fused-ring (bicyclic) bond motifs is 2. The molecular formula is C32H42N8O4. The van der Waals surface area contributed by atoms with Crippen LogP contribution in [0, 0.1) is 0 Å². The molecule has 12 nitrogen and oxygen atoms in total. The van der Waals surface area contributed by atoms with E-state index in [-0.39, 0.29) is 62.6 Å². The number of hydrogen-bond donors (Lipinski definition) is 6. The first kappa shape index (κ1) is 31.6. The van der Waals surface area contributed by atoms with Gasteiger partial charge in [0, 0.05) is 52.6 Å². The Kier molecular flexibility index (Phi) is 11.4. The standard InChI is InChI=1S/C32H42N8O4/c41-27-13-35-21-33-7-9-37-31(43)19-39(17-27)15-25-5-1-3-23-11-24-4-2-6-26(30(24)12-29(23)25)16-40-18-28(42)14-36-22-34-8-10-38-32(44)20-40/h1-6,11-12,33-36H,7-10,13-22H2,(H,37,43)(H,38,44). The third-order valence-corrected chi connectivity index (χ3v) is 7.77. The van der Waals surface area contributed by atoms with E-state index >= 15 is 0 Å². The summed E-state index contributed by atoms with van der Waals surface area (Å²) >= 11 is 0. The van der Waals surface area contributed by atoms with Gasteiger partial charge in [0.25, 0.3) is 0 Å². The van der Waals surface area contributed by atoms with E-state index in [1.54, 1.807) is 0 Å². The number of carbonyl (C=O) groups is 4. The van der Waals surface area contributed by atoms with E-state index < -0.39 is 0 Å². The van der Waals surface area contributed by atoms with Crippen molar-refractivity contribution in [3.63, 3.8) is 0 Å². The summed E-state index contributed by atoms with van der Waals surface area (Å²) in [6, 6.07) is 16.5. The highest BCUT2D eigenvalue weighted by molar-refractivity contribution is 6.01. The van der Waals surface area contributed by atoms with Crippen molar-refractivity contribution >= 4 is 44.9 Å². The molecule has 2 aliphatic rings. The highest BCUT2D eigenvalue weighted by Gasteiger charge is 2.19. The fourth-order valence-electron chi connectivity index (χ4n) is 5.74. The molecule has 0 aromatic heterocycles. The minimum Gasteiger partial charge on any atom is -0.354 e. The Bertz CT molecular complexity index is 1340. The summed E-state index contributed by atoms with van der Waals surface area (Å²) in [5, 5.41) is 22.5.